The third kappa shape index (κ3) is 9.80. The molecule has 2 aromatic rings. The van der Waals surface area contributed by atoms with Crippen molar-refractivity contribution in [2.24, 2.45) is 9.98 Å². The Kier molecular flexibility index (Phi) is 12.6. The topological polar surface area (TPSA) is 137 Å². The van der Waals surface area contributed by atoms with E-state index in [1.54, 1.807) is 40.4 Å². The number of urea groups is 1. The second kappa shape index (κ2) is 15.1. The predicted octanol–water partition coefficient (Wildman–Crippen LogP) is 4.26. The van der Waals surface area contributed by atoms with Gasteiger partial charge in [0.25, 0.3) is 6.47 Å². The fraction of sp³-hybridized carbons (Fsp3) is 0.346. The maximum absolute atomic E-state index is 14.6. The first kappa shape index (κ1) is 30.9. The molecule has 0 aliphatic rings. The third-order valence-electron chi connectivity index (χ3n) is 5.31. The molecule has 10 nitrogen and oxygen atoms in total. The standard InChI is InChI=1S/C25H33FN6O2.CH2O2/c1-8-20(17-9-11-29-22(14-17)27-5)31-23(28-6)18-15-21(19(26)13-16(18)2)32-24(33)30-12-10-25(3,4)34-7;2-1-3/h8-9,11,13-15H,1,10,12H2,2-7H3,(H,27,29)(H2,30,32,33);1H,(H,2,3). The molecule has 1 aromatic heterocycles. The van der Waals surface area contributed by atoms with Gasteiger partial charge in [0.1, 0.15) is 11.6 Å². The maximum atomic E-state index is 14.6. The number of nitrogens with one attached hydrogen (secondary N) is 3. The minimum absolute atomic E-state index is 0.0296. The number of amides is 2. The molecule has 0 spiro atoms. The third-order valence-corrected chi connectivity index (χ3v) is 5.31. The molecule has 37 heavy (non-hydrogen) atoms. The Balaban J connectivity index is 0.00000217. The van der Waals surface area contributed by atoms with Crippen LogP contribution in [0.1, 0.15) is 37.0 Å². The van der Waals surface area contributed by atoms with E-state index in [4.69, 9.17) is 14.6 Å². The lowest BCUT2D eigenvalue weighted by Gasteiger charge is -2.22. The van der Waals surface area contributed by atoms with E-state index in [-0.39, 0.29) is 17.8 Å². The van der Waals surface area contributed by atoms with Gasteiger partial charge in [0.2, 0.25) is 0 Å². The van der Waals surface area contributed by atoms with Crippen LogP contribution in [-0.4, -0.2) is 67.5 Å². The van der Waals surface area contributed by atoms with Crippen LogP contribution in [0.3, 0.4) is 0 Å². The molecule has 0 fully saturated rings. The largest absolute Gasteiger partial charge is 0.483 e. The quantitative estimate of drug-likeness (QED) is 0.224. The molecular weight excluding hydrogens is 479 g/mol. The van der Waals surface area contributed by atoms with Crippen molar-refractivity contribution in [1.29, 1.82) is 0 Å². The Labute approximate surface area is 216 Å². The summed E-state index contributed by atoms with van der Waals surface area (Å²) < 4.78 is 20.0. The number of hydrogen-bond acceptors (Lipinski definition) is 6. The number of rotatable bonds is 9. The van der Waals surface area contributed by atoms with Crippen molar-refractivity contribution in [2.75, 3.05) is 38.4 Å². The average Bonchev–Trinajstić information content (AvgIpc) is 2.87. The number of ether oxygens (including phenoxy) is 1. The van der Waals surface area contributed by atoms with E-state index < -0.39 is 11.8 Å². The second-order valence-corrected chi connectivity index (χ2v) is 8.28. The van der Waals surface area contributed by atoms with Crippen molar-refractivity contribution in [3.05, 3.63) is 65.6 Å². The number of carbonyl (C=O) groups excluding carboxylic acids is 1. The fourth-order valence-electron chi connectivity index (χ4n) is 3.05. The van der Waals surface area contributed by atoms with Crippen molar-refractivity contribution in [2.45, 2.75) is 32.8 Å². The molecule has 0 saturated heterocycles. The molecule has 2 rings (SSSR count). The highest BCUT2D eigenvalue weighted by Crippen LogP contribution is 2.22. The van der Waals surface area contributed by atoms with E-state index in [1.807, 2.05) is 26.0 Å². The smallest absolute Gasteiger partial charge is 0.319 e. The number of aliphatic imine (C=N–C) groups is 2. The summed E-state index contributed by atoms with van der Waals surface area (Å²) in [5.74, 6) is 0.511. The maximum Gasteiger partial charge on any atom is 0.319 e. The Hall–Kier alpha value is -4.12. The van der Waals surface area contributed by atoms with Gasteiger partial charge in [-0.2, -0.15) is 0 Å². The monoisotopic (exact) mass is 514 g/mol. The number of allylic oxidation sites excluding steroid dienone is 1. The summed E-state index contributed by atoms with van der Waals surface area (Å²) in [6.45, 7) is 9.59. The number of methoxy groups -OCH3 is 1. The zero-order chi connectivity index (χ0) is 28.0. The van der Waals surface area contributed by atoms with Crippen LogP contribution in [0.15, 0.2) is 53.1 Å². The molecule has 0 saturated carbocycles. The molecule has 1 aromatic carbocycles. The Bertz CT molecular complexity index is 1150. The molecule has 0 radical (unpaired) electrons. The van der Waals surface area contributed by atoms with E-state index in [0.717, 1.165) is 5.56 Å². The highest BCUT2D eigenvalue weighted by Gasteiger charge is 2.17. The minimum atomic E-state index is -0.551. The van der Waals surface area contributed by atoms with E-state index in [2.05, 4.69) is 37.5 Å². The molecule has 0 unspecified atom stereocenters. The zero-order valence-corrected chi connectivity index (χ0v) is 22.1. The number of aryl methyl sites for hydroxylation is 1. The minimum Gasteiger partial charge on any atom is -0.483 e. The highest BCUT2D eigenvalue weighted by atomic mass is 19.1. The van der Waals surface area contributed by atoms with Gasteiger partial charge in [-0.3, -0.25) is 9.79 Å². The SMILES string of the molecule is C=CC(=NC(=NC)c1cc(NC(=O)NCCC(C)(C)OC)c(F)cc1C)c1ccnc(NC)c1.O=CO. The van der Waals surface area contributed by atoms with Crippen molar-refractivity contribution >= 4 is 35.6 Å². The number of aromatic nitrogens is 1. The van der Waals surface area contributed by atoms with E-state index in [0.29, 0.717) is 41.5 Å². The molecule has 0 aliphatic carbocycles. The lowest BCUT2D eigenvalue weighted by Crippen LogP contribution is -2.34. The second-order valence-electron chi connectivity index (χ2n) is 8.28. The summed E-state index contributed by atoms with van der Waals surface area (Å²) in [5.41, 5.74) is 2.25. The van der Waals surface area contributed by atoms with Crippen LogP contribution >= 0.6 is 0 Å². The lowest BCUT2D eigenvalue weighted by molar-refractivity contribution is -0.122. The number of pyridine rings is 1. The molecule has 0 bridgehead atoms. The number of benzene rings is 1. The summed E-state index contributed by atoms with van der Waals surface area (Å²) >= 11 is 0. The van der Waals surface area contributed by atoms with Gasteiger partial charge in [-0.15, -0.1) is 0 Å². The van der Waals surface area contributed by atoms with Crippen LogP contribution in [-0.2, 0) is 9.53 Å². The number of halogens is 1. The molecule has 0 atom stereocenters. The first-order valence-electron chi connectivity index (χ1n) is 11.4. The van der Waals surface area contributed by atoms with Crippen molar-refractivity contribution < 1.29 is 23.8 Å². The number of anilines is 2. The van der Waals surface area contributed by atoms with Gasteiger partial charge in [-0.25, -0.2) is 19.2 Å². The molecule has 200 valence electrons. The molecule has 11 heteroatoms. The van der Waals surface area contributed by atoms with Crippen molar-refractivity contribution in [1.82, 2.24) is 10.3 Å². The molecular formula is C26H35FN6O4. The fourth-order valence-corrected chi connectivity index (χ4v) is 3.05. The summed E-state index contributed by atoms with van der Waals surface area (Å²) in [5, 5.41) is 15.2. The van der Waals surface area contributed by atoms with Crippen LogP contribution in [0.2, 0.25) is 0 Å². The van der Waals surface area contributed by atoms with Gasteiger partial charge in [0.05, 0.1) is 17.0 Å². The van der Waals surface area contributed by atoms with Crippen LogP contribution in [0.4, 0.5) is 20.7 Å². The van der Waals surface area contributed by atoms with E-state index in [1.165, 1.54) is 12.1 Å². The Morgan fingerprint density at radius 2 is 2.00 bits per heavy atom. The lowest BCUT2D eigenvalue weighted by atomic mass is 10.1. The molecule has 2 amide bonds. The van der Waals surface area contributed by atoms with E-state index >= 15 is 0 Å². The molecule has 4 N–H and O–H groups in total. The molecule has 0 aliphatic heterocycles. The summed E-state index contributed by atoms with van der Waals surface area (Å²) in [6, 6.07) is 6.02. The normalized spacial score (nSPS) is 11.6. The van der Waals surface area contributed by atoms with Gasteiger partial charge in [-0.1, -0.05) is 6.58 Å². The Morgan fingerprint density at radius 1 is 1.32 bits per heavy atom. The van der Waals surface area contributed by atoms with Crippen LogP contribution < -0.4 is 16.0 Å². The summed E-state index contributed by atoms with van der Waals surface area (Å²) in [4.78, 5) is 33.9. The van der Waals surface area contributed by atoms with Crippen molar-refractivity contribution in [3.8, 4) is 0 Å². The summed E-state index contributed by atoms with van der Waals surface area (Å²) in [7, 11) is 5.00. The number of amidine groups is 1. The number of carbonyl (C=O) groups is 2. The molecule has 1 heterocycles. The van der Waals surface area contributed by atoms with Gasteiger partial charge < -0.3 is 25.8 Å². The number of hydrogen-bond donors (Lipinski definition) is 4. The average molecular weight is 515 g/mol. The highest BCUT2D eigenvalue weighted by molar-refractivity contribution is 6.17. The van der Waals surface area contributed by atoms with Crippen molar-refractivity contribution in [3.63, 3.8) is 0 Å². The van der Waals surface area contributed by atoms with Gasteiger partial charge in [0, 0.05) is 45.1 Å². The van der Waals surface area contributed by atoms with Crippen LogP contribution in [0.5, 0.6) is 0 Å². The van der Waals surface area contributed by atoms with Gasteiger partial charge in [-0.05, 0) is 63.1 Å². The predicted molar refractivity (Wildman–Crippen MR) is 146 cm³/mol. The first-order chi connectivity index (χ1) is 17.5. The number of nitrogens with zero attached hydrogens (tertiary/aromatic N) is 3. The van der Waals surface area contributed by atoms with Gasteiger partial charge >= 0.3 is 6.03 Å². The first-order valence-corrected chi connectivity index (χ1v) is 11.4. The zero-order valence-electron chi connectivity index (χ0n) is 22.1. The van der Waals surface area contributed by atoms with Crippen LogP contribution in [0.25, 0.3) is 0 Å². The van der Waals surface area contributed by atoms with Crippen LogP contribution in [0, 0.1) is 12.7 Å². The van der Waals surface area contributed by atoms with Gasteiger partial charge in [0.15, 0.2) is 5.84 Å². The Morgan fingerprint density at radius 3 is 2.57 bits per heavy atom. The van der Waals surface area contributed by atoms with E-state index in [9.17, 15) is 9.18 Å². The number of carboxylic acid groups (broad SMARTS) is 1. The summed E-state index contributed by atoms with van der Waals surface area (Å²) in [6.07, 6.45) is 3.89.